The molecule has 0 aliphatic heterocycles. The molecule has 3 rings (SSSR count). The van der Waals surface area contributed by atoms with Gasteiger partial charge >= 0.3 is 0 Å². The summed E-state index contributed by atoms with van der Waals surface area (Å²) in [4.78, 5) is 29.1. The summed E-state index contributed by atoms with van der Waals surface area (Å²) in [7, 11) is 0. The topological polar surface area (TPSA) is 86.1 Å². The second kappa shape index (κ2) is 7.36. The van der Waals surface area contributed by atoms with Crippen LogP contribution in [-0.4, -0.2) is 23.3 Å². The van der Waals surface area contributed by atoms with Crippen LogP contribution in [0, 0.1) is 17.2 Å². The van der Waals surface area contributed by atoms with Crippen LogP contribution in [0.2, 0.25) is 0 Å². The van der Waals surface area contributed by atoms with Crippen molar-refractivity contribution in [3.63, 3.8) is 0 Å². The number of nitrogens with one attached hydrogen (secondary N) is 1. The van der Waals surface area contributed by atoms with Crippen molar-refractivity contribution in [2.75, 3.05) is 16.8 Å². The molecule has 1 heterocycles. The van der Waals surface area contributed by atoms with Gasteiger partial charge in [0.05, 0.1) is 28.8 Å². The van der Waals surface area contributed by atoms with Gasteiger partial charge in [0.25, 0.3) is 0 Å². The summed E-state index contributed by atoms with van der Waals surface area (Å²) in [6, 6.07) is 11.2. The highest BCUT2D eigenvalue weighted by atomic mass is 16.2. The molecule has 6 heteroatoms. The molecule has 0 atom stereocenters. The van der Waals surface area contributed by atoms with Crippen LogP contribution in [0.25, 0.3) is 11.3 Å². The van der Waals surface area contributed by atoms with Gasteiger partial charge in [-0.1, -0.05) is 6.07 Å². The molecule has 2 aromatic rings. The predicted molar refractivity (Wildman–Crippen MR) is 99.4 cm³/mol. The molecule has 0 spiro atoms. The molecule has 0 saturated heterocycles. The number of anilines is 2. The van der Waals surface area contributed by atoms with Gasteiger partial charge in [-0.2, -0.15) is 5.26 Å². The molecule has 1 aromatic carbocycles. The number of aromatic nitrogens is 1. The van der Waals surface area contributed by atoms with E-state index in [0.717, 1.165) is 18.4 Å². The van der Waals surface area contributed by atoms with E-state index in [1.54, 1.807) is 35.4 Å². The Labute approximate surface area is 152 Å². The highest BCUT2D eigenvalue weighted by molar-refractivity contribution is 5.93. The van der Waals surface area contributed by atoms with Gasteiger partial charge in [0.1, 0.15) is 6.07 Å². The molecular formula is C20H20N4O2. The number of hydrogen-bond acceptors (Lipinski definition) is 4. The van der Waals surface area contributed by atoms with Gasteiger partial charge in [0.15, 0.2) is 0 Å². The van der Waals surface area contributed by atoms with E-state index in [0.29, 0.717) is 35.1 Å². The predicted octanol–water partition coefficient (Wildman–Crippen LogP) is 3.34. The zero-order valence-electron chi connectivity index (χ0n) is 14.8. The van der Waals surface area contributed by atoms with Crippen molar-refractivity contribution in [2.24, 2.45) is 5.92 Å². The summed E-state index contributed by atoms with van der Waals surface area (Å²) >= 11 is 0. The Morgan fingerprint density at radius 3 is 2.58 bits per heavy atom. The van der Waals surface area contributed by atoms with Gasteiger partial charge in [-0.15, -0.1) is 0 Å². The van der Waals surface area contributed by atoms with E-state index in [1.807, 2.05) is 6.07 Å². The molecule has 1 fully saturated rings. The fourth-order valence-electron chi connectivity index (χ4n) is 2.82. The van der Waals surface area contributed by atoms with E-state index < -0.39 is 0 Å². The highest BCUT2D eigenvalue weighted by Gasteiger charge is 2.27. The van der Waals surface area contributed by atoms with Crippen molar-refractivity contribution in [1.29, 1.82) is 5.26 Å². The first-order chi connectivity index (χ1) is 12.5. The fraction of sp³-hybridized carbons (Fsp3) is 0.300. The molecule has 1 saturated carbocycles. The van der Waals surface area contributed by atoms with Crippen molar-refractivity contribution in [2.45, 2.75) is 26.7 Å². The van der Waals surface area contributed by atoms with Crippen molar-refractivity contribution < 1.29 is 9.59 Å². The number of rotatable bonds is 5. The van der Waals surface area contributed by atoms with Gasteiger partial charge in [-0.3, -0.25) is 14.6 Å². The number of benzene rings is 1. The van der Waals surface area contributed by atoms with Gasteiger partial charge < -0.3 is 10.2 Å². The van der Waals surface area contributed by atoms with Crippen molar-refractivity contribution in [3.05, 3.63) is 42.1 Å². The van der Waals surface area contributed by atoms with Crippen molar-refractivity contribution >= 4 is 23.2 Å². The summed E-state index contributed by atoms with van der Waals surface area (Å²) in [5, 5.41) is 12.2. The number of amides is 2. The van der Waals surface area contributed by atoms with E-state index in [1.165, 1.54) is 13.8 Å². The Morgan fingerprint density at radius 2 is 2.04 bits per heavy atom. The van der Waals surface area contributed by atoms with Crippen LogP contribution < -0.4 is 10.2 Å². The van der Waals surface area contributed by atoms with Crippen LogP contribution >= 0.6 is 0 Å². The SMILES string of the molecule is CC(=O)Nc1ccc(-c2ccc(N(CC3CC3)C(C)=O)c(C#N)c2)nc1. The molecule has 132 valence electrons. The van der Waals surface area contributed by atoms with Crippen LogP contribution in [0.4, 0.5) is 11.4 Å². The summed E-state index contributed by atoms with van der Waals surface area (Å²) in [6.07, 6.45) is 3.84. The van der Waals surface area contributed by atoms with Crippen molar-refractivity contribution in [1.82, 2.24) is 4.98 Å². The van der Waals surface area contributed by atoms with Gasteiger partial charge in [0, 0.05) is 26.0 Å². The molecule has 0 bridgehead atoms. The van der Waals surface area contributed by atoms with E-state index >= 15 is 0 Å². The molecule has 1 N–H and O–H groups in total. The second-order valence-corrected chi connectivity index (χ2v) is 6.53. The average Bonchev–Trinajstić information content (AvgIpc) is 3.43. The number of carbonyl (C=O) groups excluding carboxylic acids is 2. The lowest BCUT2D eigenvalue weighted by Crippen LogP contribution is -2.31. The third kappa shape index (κ3) is 4.06. The largest absolute Gasteiger partial charge is 0.325 e. The Hall–Kier alpha value is -3.20. The molecule has 1 aliphatic rings. The third-order valence-electron chi connectivity index (χ3n) is 4.31. The van der Waals surface area contributed by atoms with Crippen LogP contribution in [0.15, 0.2) is 36.5 Å². The van der Waals surface area contributed by atoms with E-state index in [2.05, 4.69) is 16.4 Å². The minimum atomic E-state index is -0.157. The summed E-state index contributed by atoms with van der Waals surface area (Å²) in [6.45, 7) is 3.63. The van der Waals surface area contributed by atoms with Gasteiger partial charge in [-0.25, -0.2) is 0 Å². The Kier molecular flexibility index (Phi) is 4.99. The minimum absolute atomic E-state index is 0.0565. The van der Waals surface area contributed by atoms with Crippen LogP contribution in [0.3, 0.4) is 0 Å². The average molecular weight is 348 g/mol. The fourth-order valence-corrected chi connectivity index (χ4v) is 2.82. The Balaban J connectivity index is 1.89. The molecule has 0 radical (unpaired) electrons. The minimum Gasteiger partial charge on any atom is -0.325 e. The maximum atomic E-state index is 12.0. The molecular weight excluding hydrogens is 328 g/mol. The van der Waals surface area contributed by atoms with Crippen LogP contribution in [-0.2, 0) is 9.59 Å². The van der Waals surface area contributed by atoms with E-state index in [9.17, 15) is 14.9 Å². The van der Waals surface area contributed by atoms with E-state index in [4.69, 9.17) is 0 Å². The number of nitriles is 1. The van der Waals surface area contributed by atoms with Crippen LogP contribution in [0.5, 0.6) is 0 Å². The maximum absolute atomic E-state index is 12.0. The molecule has 2 amide bonds. The standard InChI is InChI=1S/C20H20N4O2/c1-13(25)23-18-6-7-19(22-11-18)16-5-8-20(17(9-16)10-21)24(14(2)26)12-15-3-4-15/h5-9,11,15H,3-4,12H2,1-2H3,(H,23,25). The zero-order chi connectivity index (χ0) is 18.7. The Morgan fingerprint density at radius 1 is 1.27 bits per heavy atom. The van der Waals surface area contributed by atoms with Crippen molar-refractivity contribution in [3.8, 4) is 17.3 Å². The second-order valence-electron chi connectivity index (χ2n) is 6.53. The van der Waals surface area contributed by atoms with Gasteiger partial charge in [0.2, 0.25) is 11.8 Å². The Bertz CT molecular complexity index is 880. The van der Waals surface area contributed by atoms with Crippen LogP contribution in [0.1, 0.15) is 32.3 Å². The molecule has 0 unspecified atom stereocenters. The lowest BCUT2D eigenvalue weighted by atomic mass is 10.0. The number of nitrogens with zero attached hydrogens (tertiary/aromatic N) is 3. The number of pyridine rings is 1. The van der Waals surface area contributed by atoms with Gasteiger partial charge in [-0.05, 0) is 43.0 Å². The third-order valence-corrected chi connectivity index (χ3v) is 4.31. The first kappa shape index (κ1) is 17.6. The van der Waals surface area contributed by atoms with E-state index in [-0.39, 0.29) is 11.8 Å². The normalized spacial score (nSPS) is 13.0. The lowest BCUT2D eigenvalue weighted by molar-refractivity contribution is -0.116. The summed E-state index contributed by atoms with van der Waals surface area (Å²) in [5.74, 6) is 0.322. The number of hydrogen-bond donors (Lipinski definition) is 1. The first-order valence-electron chi connectivity index (χ1n) is 8.54. The smallest absolute Gasteiger partial charge is 0.223 e. The zero-order valence-corrected chi connectivity index (χ0v) is 14.8. The first-order valence-corrected chi connectivity index (χ1v) is 8.54. The quantitative estimate of drug-likeness (QED) is 0.898. The molecule has 1 aliphatic carbocycles. The summed E-state index contributed by atoms with van der Waals surface area (Å²) in [5.41, 5.74) is 3.19. The summed E-state index contributed by atoms with van der Waals surface area (Å²) < 4.78 is 0. The molecule has 6 nitrogen and oxygen atoms in total. The number of carbonyl (C=O) groups is 2. The highest BCUT2D eigenvalue weighted by Crippen LogP contribution is 2.33. The maximum Gasteiger partial charge on any atom is 0.223 e. The molecule has 1 aromatic heterocycles. The lowest BCUT2D eigenvalue weighted by Gasteiger charge is -2.22. The monoisotopic (exact) mass is 348 g/mol. The molecule has 26 heavy (non-hydrogen) atoms.